The second kappa shape index (κ2) is 3.50. The smallest absolute Gasteiger partial charge is 0.127 e. The molecule has 72 valence electrons. The van der Waals surface area contributed by atoms with Crippen LogP contribution >= 0.6 is 12.2 Å². The van der Waals surface area contributed by atoms with Gasteiger partial charge in [-0.3, -0.25) is 0 Å². The fourth-order valence-electron chi connectivity index (χ4n) is 1.63. The summed E-state index contributed by atoms with van der Waals surface area (Å²) in [5, 5.41) is 0. The van der Waals surface area contributed by atoms with E-state index in [0.29, 0.717) is 0 Å². The maximum Gasteiger partial charge on any atom is 0.127 e. The molecule has 2 nitrogen and oxygen atoms in total. The molecule has 0 radical (unpaired) electrons. The Morgan fingerprint density at radius 2 is 2.07 bits per heavy atom. The van der Waals surface area contributed by atoms with E-state index in [1.54, 1.807) is 0 Å². The van der Waals surface area contributed by atoms with Crippen LogP contribution < -0.4 is 0 Å². The second-order valence-electron chi connectivity index (χ2n) is 3.24. The van der Waals surface area contributed by atoms with E-state index in [4.69, 9.17) is 12.2 Å². The van der Waals surface area contributed by atoms with Crippen molar-refractivity contribution in [3.8, 4) is 0 Å². The van der Waals surface area contributed by atoms with Gasteiger partial charge in [0, 0.05) is 6.54 Å². The molecule has 0 saturated carbocycles. The summed E-state index contributed by atoms with van der Waals surface area (Å²) in [6.45, 7) is 4.95. The second-order valence-corrected chi connectivity index (χ2v) is 3.62. The van der Waals surface area contributed by atoms with Crippen molar-refractivity contribution in [2.45, 2.75) is 20.4 Å². The van der Waals surface area contributed by atoms with Crippen LogP contribution in [0.1, 0.15) is 12.6 Å². The predicted molar refractivity (Wildman–Crippen MR) is 61.0 cm³/mol. The fourth-order valence-corrected chi connectivity index (χ4v) is 1.91. The minimum atomic E-state index is 0.839. The highest BCUT2D eigenvalue weighted by Gasteiger charge is 2.02. The summed E-state index contributed by atoms with van der Waals surface area (Å²) < 4.78 is 2.96. The topological polar surface area (TPSA) is 17.8 Å². The van der Waals surface area contributed by atoms with Crippen LogP contribution in [0.25, 0.3) is 11.0 Å². The van der Waals surface area contributed by atoms with Crippen molar-refractivity contribution in [2.24, 2.45) is 0 Å². The zero-order valence-corrected chi connectivity index (χ0v) is 9.14. The Bertz CT molecular complexity index is 528. The monoisotopic (exact) mass is 204 g/mol. The predicted octanol–water partition coefficient (Wildman–Crippen LogP) is 3.09. The van der Waals surface area contributed by atoms with Gasteiger partial charge in [0.25, 0.3) is 0 Å². The van der Waals surface area contributed by atoms with Crippen molar-refractivity contribution in [3.63, 3.8) is 0 Å². The van der Waals surface area contributed by atoms with Gasteiger partial charge in [0.05, 0.1) is 16.7 Å². The summed E-state index contributed by atoms with van der Waals surface area (Å²) in [5.74, 6) is 0. The first-order valence-electron chi connectivity index (χ1n) is 4.70. The van der Waals surface area contributed by atoms with Crippen LogP contribution in [0.3, 0.4) is 0 Å². The number of para-hydroxylation sites is 2. The molecular weight excluding hydrogens is 192 g/mol. The molecule has 0 bridgehead atoms. The molecule has 0 saturated heterocycles. The number of nitrogens with zero attached hydrogens (tertiary/aromatic N) is 2. The minimum absolute atomic E-state index is 0.839. The Kier molecular flexibility index (Phi) is 2.33. The Labute approximate surface area is 88.2 Å². The lowest BCUT2D eigenvalue weighted by atomic mass is 10.3. The van der Waals surface area contributed by atoms with E-state index >= 15 is 0 Å². The van der Waals surface area contributed by atoms with Gasteiger partial charge in [-0.1, -0.05) is 24.4 Å². The van der Waals surface area contributed by atoms with Gasteiger partial charge in [-0.15, -0.1) is 0 Å². The third-order valence-electron chi connectivity index (χ3n) is 2.33. The van der Waals surface area contributed by atoms with E-state index in [1.807, 2.05) is 25.1 Å². The zero-order valence-electron chi connectivity index (χ0n) is 8.32. The highest BCUT2D eigenvalue weighted by atomic mass is 32.1. The van der Waals surface area contributed by atoms with Crippen LogP contribution in [0.2, 0.25) is 0 Å². The number of hydrogen-bond donors (Lipinski definition) is 0. The van der Waals surface area contributed by atoms with Crippen molar-refractivity contribution in [2.75, 3.05) is 0 Å². The molecule has 1 aromatic carbocycles. The maximum atomic E-state index is 5.32. The van der Waals surface area contributed by atoms with Gasteiger partial charge >= 0.3 is 0 Å². The van der Waals surface area contributed by atoms with Crippen LogP contribution in [0.4, 0.5) is 0 Å². The summed E-state index contributed by atoms with van der Waals surface area (Å²) >= 11 is 5.32. The molecule has 1 aromatic heterocycles. The van der Waals surface area contributed by atoms with Crippen molar-refractivity contribution in [3.05, 3.63) is 34.6 Å². The Morgan fingerprint density at radius 3 is 2.79 bits per heavy atom. The van der Waals surface area contributed by atoms with E-state index in [2.05, 4.69) is 22.5 Å². The fraction of sp³-hybridized carbons (Fsp3) is 0.273. The molecule has 0 aliphatic carbocycles. The quantitative estimate of drug-likeness (QED) is 0.664. The first kappa shape index (κ1) is 9.34. The van der Waals surface area contributed by atoms with E-state index in [9.17, 15) is 0 Å². The van der Waals surface area contributed by atoms with Crippen LogP contribution in [0.15, 0.2) is 24.3 Å². The molecule has 0 unspecified atom stereocenters. The van der Waals surface area contributed by atoms with Crippen LogP contribution in [0.5, 0.6) is 0 Å². The largest absolute Gasteiger partial charge is 0.330 e. The number of fused-ring (bicyclic) bond motifs is 1. The van der Waals surface area contributed by atoms with E-state index in [-0.39, 0.29) is 0 Å². The number of rotatable bonds is 1. The first-order chi connectivity index (χ1) is 6.74. The number of hydrogen-bond acceptors (Lipinski definition) is 2. The molecule has 0 atom stereocenters. The van der Waals surface area contributed by atoms with Gasteiger partial charge in [0.2, 0.25) is 0 Å². The Hall–Kier alpha value is -1.22. The summed E-state index contributed by atoms with van der Waals surface area (Å²) in [4.78, 5) is 4.46. The average molecular weight is 204 g/mol. The summed E-state index contributed by atoms with van der Waals surface area (Å²) in [6.07, 6.45) is 0. The Balaban J connectivity index is 2.96. The molecule has 3 heteroatoms. The van der Waals surface area contributed by atoms with Crippen molar-refractivity contribution in [1.82, 2.24) is 9.55 Å². The lowest BCUT2D eigenvalue weighted by Gasteiger charge is -2.09. The van der Waals surface area contributed by atoms with Crippen LogP contribution in [-0.2, 0) is 6.54 Å². The molecule has 1 heterocycles. The van der Waals surface area contributed by atoms with Gasteiger partial charge in [-0.25, -0.2) is 4.98 Å². The minimum Gasteiger partial charge on any atom is -0.330 e. The third-order valence-corrected chi connectivity index (χ3v) is 2.85. The van der Waals surface area contributed by atoms with Crippen molar-refractivity contribution >= 4 is 23.3 Å². The number of aromatic nitrogens is 2. The summed E-state index contributed by atoms with van der Waals surface area (Å²) in [7, 11) is 0. The molecule has 0 spiro atoms. The van der Waals surface area contributed by atoms with Gasteiger partial charge in [0.1, 0.15) is 4.64 Å². The molecule has 2 aromatic rings. The van der Waals surface area contributed by atoms with Gasteiger partial charge in [0.15, 0.2) is 0 Å². The lowest BCUT2D eigenvalue weighted by Crippen LogP contribution is -2.03. The molecular formula is C11H12N2S. The molecule has 0 fully saturated rings. The number of benzene rings is 1. The molecule has 0 aliphatic rings. The van der Waals surface area contributed by atoms with Gasteiger partial charge < -0.3 is 4.57 Å². The lowest BCUT2D eigenvalue weighted by molar-refractivity contribution is 0.764. The zero-order chi connectivity index (χ0) is 10.1. The third kappa shape index (κ3) is 1.34. The number of aryl methyl sites for hydroxylation is 2. The maximum absolute atomic E-state index is 5.32. The SMILES string of the molecule is CCn1c(=S)c(C)nc2ccccc21. The van der Waals surface area contributed by atoms with Crippen LogP contribution in [-0.4, -0.2) is 9.55 Å². The molecule has 2 rings (SSSR count). The molecule has 0 N–H and O–H groups in total. The molecule has 0 aliphatic heterocycles. The Morgan fingerprint density at radius 1 is 1.36 bits per heavy atom. The highest BCUT2D eigenvalue weighted by Crippen LogP contribution is 2.13. The molecule has 14 heavy (non-hydrogen) atoms. The summed E-state index contributed by atoms with van der Waals surface area (Å²) in [5.41, 5.74) is 3.06. The van der Waals surface area contributed by atoms with E-state index in [0.717, 1.165) is 27.9 Å². The van der Waals surface area contributed by atoms with Gasteiger partial charge in [-0.2, -0.15) is 0 Å². The van der Waals surface area contributed by atoms with Crippen molar-refractivity contribution < 1.29 is 0 Å². The van der Waals surface area contributed by atoms with E-state index in [1.165, 1.54) is 0 Å². The van der Waals surface area contributed by atoms with Crippen molar-refractivity contribution in [1.29, 1.82) is 0 Å². The van der Waals surface area contributed by atoms with Gasteiger partial charge in [-0.05, 0) is 26.0 Å². The normalized spacial score (nSPS) is 10.7. The highest BCUT2D eigenvalue weighted by molar-refractivity contribution is 7.71. The standard InChI is InChI=1S/C11H12N2S/c1-3-13-10-7-5-4-6-9(10)12-8(2)11(13)14/h4-7H,3H2,1-2H3. The molecule has 0 amide bonds. The van der Waals surface area contributed by atoms with Crippen LogP contribution in [0, 0.1) is 11.6 Å². The van der Waals surface area contributed by atoms with E-state index < -0.39 is 0 Å². The summed E-state index contributed by atoms with van der Waals surface area (Å²) in [6, 6.07) is 8.09. The average Bonchev–Trinajstić information content (AvgIpc) is 2.20. The first-order valence-corrected chi connectivity index (χ1v) is 5.11.